The second-order valence-corrected chi connectivity index (χ2v) is 5.37. The van der Waals surface area contributed by atoms with Gasteiger partial charge in [-0.15, -0.1) is 0 Å². The first-order chi connectivity index (χ1) is 8.04. The van der Waals surface area contributed by atoms with Crippen molar-refractivity contribution >= 4 is 0 Å². The lowest BCUT2D eigenvalue weighted by atomic mass is 9.81. The van der Waals surface area contributed by atoms with Crippen LogP contribution in [0.1, 0.15) is 45.0 Å². The van der Waals surface area contributed by atoms with Crippen molar-refractivity contribution in [3.63, 3.8) is 0 Å². The molecule has 0 radical (unpaired) electrons. The molecule has 0 aliphatic heterocycles. The van der Waals surface area contributed by atoms with E-state index in [0.717, 1.165) is 19.4 Å². The highest BCUT2D eigenvalue weighted by Crippen LogP contribution is 2.27. The minimum absolute atomic E-state index is 0.336. The maximum absolute atomic E-state index is 4.53. The Bertz CT molecular complexity index is 335. The van der Waals surface area contributed by atoms with Crippen LogP contribution in [0.4, 0.5) is 0 Å². The first-order valence-electron chi connectivity index (χ1n) is 6.71. The fraction of sp³-hybridized carbons (Fsp3) is 0.786. The zero-order valence-electron chi connectivity index (χ0n) is 12.0. The van der Waals surface area contributed by atoms with E-state index in [9.17, 15) is 0 Å². The first kappa shape index (κ1) is 14.2. The van der Waals surface area contributed by atoms with Crippen LogP contribution in [0.5, 0.6) is 0 Å². The quantitative estimate of drug-likeness (QED) is 0.790. The van der Waals surface area contributed by atoms with E-state index < -0.39 is 0 Å². The first-order valence-corrected chi connectivity index (χ1v) is 6.71. The number of aryl methyl sites for hydroxylation is 2. The fourth-order valence-electron chi connectivity index (χ4n) is 2.62. The van der Waals surface area contributed by atoms with Gasteiger partial charge in [-0.3, -0.25) is 4.68 Å². The second-order valence-electron chi connectivity index (χ2n) is 5.37. The highest BCUT2D eigenvalue weighted by molar-refractivity contribution is 5.12. The van der Waals surface area contributed by atoms with Crippen molar-refractivity contribution < 1.29 is 0 Å². The van der Waals surface area contributed by atoms with Crippen LogP contribution < -0.4 is 5.32 Å². The Balaban J connectivity index is 2.81. The predicted molar refractivity (Wildman–Crippen MR) is 73.2 cm³/mol. The Morgan fingerprint density at radius 3 is 2.59 bits per heavy atom. The van der Waals surface area contributed by atoms with Gasteiger partial charge in [0.05, 0.1) is 5.69 Å². The zero-order valence-corrected chi connectivity index (χ0v) is 12.0. The number of hydrogen-bond donors (Lipinski definition) is 1. The Kier molecular flexibility index (Phi) is 5.19. The van der Waals surface area contributed by atoms with Crippen molar-refractivity contribution in [2.75, 3.05) is 13.6 Å². The number of nitrogens with zero attached hydrogens (tertiary/aromatic N) is 2. The van der Waals surface area contributed by atoms with Gasteiger partial charge in [0.25, 0.3) is 0 Å². The molecule has 0 saturated carbocycles. The molecule has 98 valence electrons. The van der Waals surface area contributed by atoms with Gasteiger partial charge in [0.1, 0.15) is 0 Å². The van der Waals surface area contributed by atoms with Crippen LogP contribution in [-0.4, -0.2) is 23.4 Å². The summed E-state index contributed by atoms with van der Waals surface area (Å²) in [5, 5.41) is 7.85. The van der Waals surface area contributed by atoms with E-state index in [-0.39, 0.29) is 0 Å². The average Bonchev–Trinajstić information content (AvgIpc) is 2.60. The summed E-state index contributed by atoms with van der Waals surface area (Å²) in [5.41, 5.74) is 2.89. The average molecular weight is 237 g/mol. The second kappa shape index (κ2) is 6.20. The van der Waals surface area contributed by atoms with Crippen LogP contribution in [0.15, 0.2) is 6.07 Å². The van der Waals surface area contributed by atoms with Gasteiger partial charge in [-0.05, 0) is 37.8 Å². The molecule has 0 bridgehead atoms. The smallest absolute Gasteiger partial charge is 0.0624 e. The number of aromatic nitrogens is 2. The Morgan fingerprint density at radius 1 is 1.41 bits per heavy atom. The number of hydrogen-bond acceptors (Lipinski definition) is 2. The summed E-state index contributed by atoms with van der Waals surface area (Å²) in [6.07, 6.45) is 4.60. The maximum atomic E-state index is 4.53. The molecule has 1 aromatic rings. The molecule has 1 rings (SSSR count). The van der Waals surface area contributed by atoms with Gasteiger partial charge in [0.15, 0.2) is 0 Å². The highest BCUT2D eigenvalue weighted by Gasteiger charge is 2.24. The van der Waals surface area contributed by atoms with Gasteiger partial charge in [-0.1, -0.05) is 27.2 Å². The van der Waals surface area contributed by atoms with Crippen molar-refractivity contribution in [3.8, 4) is 0 Å². The molecule has 0 saturated heterocycles. The molecule has 3 nitrogen and oxygen atoms in total. The number of nitrogens with one attached hydrogen (secondary N) is 1. The summed E-state index contributed by atoms with van der Waals surface area (Å²) in [5.74, 6) is 0. The molecule has 0 spiro atoms. The molecule has 1 unspecified atom stereocenters. The van der Waals surface area contributed by atoms with E-state index >= 15 is 0 Å². The van der Waals surface area contributed by atoms with Gasteiger partial charge < -0.3 is 5.32 Å². The van der Waals surface area contributed by atoms with Crippen molar-refractivity contribution in [1.82, 2.24) is 15.1 Å². The standard InChI is InChI=1S/C14H27N3/c1-6-8-14(3,11-15-4)10-13-9-12(7-2)16-17(13)5/h9,15H,6-8,10-11H2,1-5H3. The van der Waals surface area contributed by atoms with Crippen LogP contribution in [0.2, 0.25) is 0 Å². The van der Waals surface area contributed by atoms with E-state index in [2.05, 4.69) is 44.3 Å². The molecule has 0 fully saturated rings. The van der Waals surface area contributed by atoms with E-state index in [1.807, 2.05) is 11.7 Å². The number of rotatable bonds is 7. The third-order valence-electron chi connectivity index (χ3n) is 3.45. The summed E-state index contributed by atoms with van der Waals surface area (Å²) in [6.45, 7) is 7.85. The Hall–Kier alpha value is -0.830. The molecule has 0 amide bonds. The van der Waals surface area contributed by atoms with Gasteiger partial charge in [0.2, 0.25) is 0 Å². The topological polar surface area (TPSA) is 29.9 Å². The third-order valence-corrected chi connectivity index (χ3v) is 3.45. The van der Waals surface area contributed by atoms with Crippen LogP contribution in [-0.2, 0) is 19.9 Å². The van der Waals surface area contributed by atoms with Crippen LogP contribution >= 0.6 is 0 Å². The molecule has 17 heavy (non-hydrogen) atoms. The molecule has 0 aliphatic rings. The summed E-state index contributed by atoms with van der Waals surface area (Å²) in [7, 11) is 4.09. The van der Waals surface area contributed by atoms with E-state index in [1.54, 1.807) is 0 Å². The fourth-order valence-corrected chi connectivity index (χ4v) is 2.62. The van der Waals surface area contributed by atoms with Crippen LogP contribution in [0, 0.1) is 5.41 Å². The van der Waals surface area contributed by atoms with Gasteiger partial charge in [0, 0.05) is 19.3 Å². The maximum Gasteiger partial charge on any atom is 0.0624 e. The van der Waals surface area contributed by atoms with Gasteiger partial charge in [-0.25, -0.2) is 0 Å². The monoisotopic (exact) mass is 237 g/mol. The summed E-state index contributed by atoms with van der Waals surface area (Å²) < 4.78 is 2.04. The van der Waals surface area contributed by atoms with Gasteiger partial charge >= 0.3 is 0 Å². The zero-order chi connectivity index (χ0) is 12.9. The molecular formula is C14H27N3. The summed E-state index contributed by atoms with van der Waals surface area (Å²) >= 11 is 0. The largest absolute Gasteiger partial charge is 0.319 e. The molecule has 3 heteroatoms. The van der Waals surface area contributed by atoms with E-state index in [0.29, 0.717) is 5.41 Å². The van der Waals surface area contributed by atoms with Crippen LogP contribution in [0.25, 0.3) is 0 Å². The van der Waals surface area contributed by atoms with Crippen molar-refractivity contribution in [2.24, 2.45) is 12.5 Å². The predicted octanol–water partition coefficient (Wildman–Crippen LogP) is 2.55. The molecular weight excluding hydrogens is 210 g/mol. The SMILES string of the molecule is CCCC(C)(CNC)Cc1cc(CC)nn1C. The summed E-state index contributed by atoms with van der Waals surface area (Å²) in [6, 6.07) is 2.25. The van der Waals surface area contributed by atoms with Crippen molar-refractivity contribution in [3.05, 3.63) is 17.5 Å². The van der Waals surface area contributed by atoms with E-state index in [4.69, 9.17) is 0 Å². The lowest BCUT2D eigenvalue weighted by molar-refractivity contribution is 0.277. The molecule has 1 heterocycles. The highest BCUT2D eigenvalue weighted by atomic mass is 15.3. The molecule has 1 N–H and O–H groups in total. The van der Waals surface area contributed by atoms with Gasteiger partial charge in [-0.2, -0.15) is 5.10 Å². The van der Waals surface area contributed by atoms with Crippen molar-refractivity contribution in [2.45, 2.75) is 46.5 Å². The molecule has 0 aromatic carbocycles. The Labute approximate surface area is 106 Å². The molecule has 1 atom stereocenters. The molecule has 1 aromatic heterocycles. The lowest BCUT2D eigenvalue weighted by Crippen LogP contribution is -2.32. The van der Waals surface area contributed by atoms with Crippen LogP contribution in [0.3, 0.4) is 0 Å². The normalized spacial score (nSPS) is 14.9. The third kappa shape index (κ3) is 3.84. The lowest BCUT2D eigenvalue weighted by Gasteiger charge is -2.29. The van der Waals surface area contributed by atoms with E-state index in [1.165, 1.54) is 24.2 Å². The molecule has 0 aliphatic carbocycles. The minimum atomic E-state index is 0.336. The summed E-state index contributed by atoms with van der Waals surface area (Å²) in [4.78, 5) is 0. The van der Waals surface area contributed by atoms with Crippen molar-refractivity contribution in [1.29, 1.82) is 0 Å². The minimum Gasteiger partial charge on any atom is -0.319 e. The Morgan fingerprint density at radius 2 is 2.12 bits per heavy atom.